The van der Waals surface area contributed by atoms with Crippen molar-refractivity contribution in [3.05, 3.63) is 38.7 Å². The Morgan fingerprint density at radius 1 is 1.26 bits per heavy atom. The molecule has 2 aromatic rings. The molecule has 1 amide bonds. The van der Waals surface area contributed by atoms with Gasteiger partial charge in [-0.05, 0) is 56.6 Å². The van der Waals surface area contributed by atoms with Crippen LogP contribution in [0, 0.1) is 0 Å². The number of amides is 1. The second kappa shape index (κ2) is 7.55. The Hall–Kier alpha value is -2.01. The van der Waals surface area contributed by atoms with Crippen molar-refractivity contribution in [1.82, 2.24) is 4.90 Å². The normalized spacial score (nSPS) is 19.3. The summed E-state index contributed by atoms with van der Waals surface area (Å²) in [7, 11) is 0. The van der Waals surface area contributed by atoms with Gasteiger partial charge < -0.3 is 14.1 Å². The Morgan fingerprint density at radius 2 is 2.07 bits per heavy atom. The van der Waals surface area contributed by atoms with Gasteiger partial charge in [0.2, 0.25) is 0 Å². The molecule has 0 spiro atoms. The first kappa shape index (κ1) is 18.4. The SMILES string of the molecule is CC[C@@H]1CCCCN1C(=O)COc1cc2oc(=O)c3c(c2cc1Cl)CCC3. The van der Waals surface area contributed by atoms with Gasteiger partial charge in [-0.2, -0.15) is 0 Å². The zero-order valence-corrected chi connectivity index (χ0v) is 16.3. The molecule has 1 atom stereocenters. The van der Waals surface area contributed by atoms with Gasteiger partial charge in [-0.25, -0.2) is 4.79 Å². The Bertz CT molecular complexity index is 936. The Morgan fingerprint density at radius 3 is 2.89 bits per heavy atom. The summed E-state index contributed by atoms with van der Waals surface area (Å²) in [5, 5.41) is 1.30. The number of ether oxygens (including phenoxy) is 1. The third kappa shape index (κ3) is 3.45. The molecule has 0 unspecified atom stereocenters. The van der Waals surface area contributed by atoms with Gasteiger partial charge in [-0.3, -0.25) is 4.79 Å². The van der Waals surface area contributed by atoms with E-state index in [1.54, 1.807) is 12.1 Å². The molecular weight excluding hydrogens is 366 g/mol. The number of rotatable bonds is 4. The molecule has 27 heavy (non-hydrogen) atoms. The minimum Gasteiger partial charge on any atom is -0.482 e. The monoisotopic (exact) mass is 389 g/mol. The van der Waals surface area contributed by atoms with Crippen LogP contribution >= 0.6 is 11.6 Å². The van der Waals surface area contributed by atoms with Gasteiger partial charge in [0.15, 0.2) is 6.61 Å². The Kier molecular flexibility index (Phi) is 5.13. The zero-order valence-electron chi connectivity index (χ0n) is 15.6. The van der Waals surface area contributed by atoms with Gasteiger partial charge in [0, 0.05) is 29.6 Å². The molecule has 1 aromatic heterocycles. The standard InChI is InChI=1S/C21H24ClNO4/c1-2-13-6-3-4-9-23(13)20(24)12-26-19-11-18-16(10-17(19)22)14-7-5-8-15(14)21(25)27-18/h10-11,13H,2-9,12H2,1H3/t13-/m1/s1. The van der Waals surface area contributed by atoms with E-state index >= 15 is 0 Å². The molecule has 0 N–H and O–H groups in total. The van der Waals surface area contributed by atoms with Crippen LogP contribution in [0.15, 0.2) is 21.3 Å². The average molecular weight is 390 g/mol. The van der Waals surface area contributed by atoms with Gasteiger partial charge in [-0.1, -0.05) is 18.5 Å². The van der Waals surface area contributed by atoms with Crippen molar-refractivity contribution in [2.75, 3.05) is 13.2 Å². The third-order valence-corrected chi connectivity index (χ3v) is 6.09. The lowest BCUT2D eigenvalue weighted by molar-refractivity contribution is -0.137. The first-order valence-electron chi connectivity index (χ1n) is 9.79. The molecule has 144 valence electrons. The molecule has 4 rings (SSSR count). The predicted molar refractivity (Wildman–Crippen MR) is 105 cm³/mol. The molecule has 2 heterocycles. The summed E-state index contributed by atoms with van der Waals surface area (Å²) in [6, 6.07) is 3.72. The lowest BCUT2D eigenvalue weighted by Gasteiger charge is -2.35. The predicted octanol–water partition coefficient (Wildman–Crippen LogP) is 4.11. The largest absolute Gasteiger partial charge is 0.482 e. The summed E-state index contributed by atoms with van der Waals surface area (Å²) >= 11 is 6.40. The van der Waals surface area contributed by atoms with Gasteiger partial charge in [-0.15, -0.1) is 0 Å². The van der Waals surface area contributed by atoms with E-state index in [2.05, 4.69) is 6.92 Å². The lowest BCUT2D eigenvalue weighted by atomic mass is 10.00. The van der Waals surface area contributed by atoms with Crippen LogP contribution in [0.2, 0.25) is 5.02 Å². The summed E-state index contributed by atoms with van der Waals surface area (Å²) < 4.78 is 11.2. The number of piperidine rings is 1. The fourth-order valence-electron chi connectivity index (χ4n) is 4.37. The number of benzene rings is 1. The van der Waals surface area contributed by atoms with Crippen molar-refractivity contribution in [3.63, 3.8) is 0 Å². The fraction of sp³-hybridized carbons (Fsp3) is 0.524. The molecule has 0 bridgehead atoms. The molecule has 1 aromatic carbocycles. The molecule has 1 fully saturated rings. The number of carbonyl (C=O) groups is 1. The van der Waals surface area contributed by atoms with Gasteiger partial charge in [0.1, 0.15) is 11.3 Å². The maximum Gasteiger partial charge on any atom is 0.339 e. The number of hydrogen-bond acceptors (Lipinski definition) is 4. The van der Waals surface area contributed by atoms with E-state index in [9.17, 15) is 9.59 Å². The van der Waals surface area contributed by atoms with Crippen LogP contribution in [0.3, 0.4) is 0 Å². The molecule has 6 heteroatoms. The number of fused-ring (bicyclic) bond motifs is 3. The Balaban J connectivity index is 1.56. The van der Waals surface area contributed by atoms with Crippen molar-refractivity contribution in [2.45, 2.75) is 57.9 Å². The maximum atomic E-state index is 12.6. The summed E-state index contributed by atoms with van der Waals surface area (Å²) in [5.41, 5.74) is 1.98. The van der Waals surface area contributed by atoms with Crippen molar-refractivity contribution >= 4 is 28.5 Å². The molecule has 1 saturated heterocycles. The van der Waals surface area contributed by atoms with Crippen LogP contribution < -0.4 is 10.4 Å². The van der Waals surface area contributed by atoms with Gasteiger partial charge in [0.25, 0.3) is 5.91 Å². The zero-order chi connectivity index (χ0) is 19.0. The minimum absolute atomic E-state index is 0.0203. The summed E-state index contributed by atoms with van der Waals surface area (Å²) in [6.45, 7) is 2.84. The molecule has 1 aliphatic heterocycles. The number of carbonyl (C=O) groups excluding carboxylic acids is 1. The van der Waals surface area contributed by atoms with Crippen LogP contribution in [0.25, 0.3) is 11.0 Å². The Labute approximate surface area is 163 Å². The van der Waals surface area contributed by atoms with Crippen LogP contribution in [-0.2, 0) is 17.6 Å². The number of nitrogens with zero attached hydrogens (tertiary/aromatic N) is 1. The third-order valence-electron chi connectivity index (χ3n) is 5.80. The fourth-order valence-corrected chi connectivity index (χ4v) is 4.59. The first-order chi connectivity index (χ1) is 13.1. The molecule has 0 radical (unpaired) electrons. The maximum absolute atomic E-state index is 12.6. The van der Waals surface area contributed by atoms with Crippen LogP contribution in [0.1, 0.15) is 50.2 Å². The van der Waals surface area contributed by atoms with E-state index in [0.29, 0.717) is 22.4 Å². The molecule has 5 nitrogen and oxygen atoms in total. The highest BCUT2D eigenvalue weighted by Crippen LogP contribution is 2.34. The number of aryl methyl sites for hydroxylation is 1. The molecule has 0 saturated carbocycles. The summed E-state index contributed by atoms with van der Waals surface area (Å²) in [4.78, 5) is 26.7. The minimum atomic E-state index is -0.279. The smallest absolute Gasteiger partial charge is 0.339 e. The first-order valence-corrected chi connectivity index (χ1v) is 10.2. The quantitative estimate of drug-likeness (QED) is 0.738. The van der Waals surface area contributed by atoms with E-state index in [-0.39, 0.29) is 18.1 Å². The highest BCUT2D eigenvalue weighted by molar-refractivity contribution is 6.32. The molecule has 1 aliphatic carbocycles. The number of hydrogen-bond donors (Lipinski definition) is 0. The molecule has 2 aliphatic rings. The van der Waals surface area contributed by atoms with Gasteiger partial charge >= 0.3 is 5.63 Å². The van der Waals surface area contributed by atoms with E-state index < -0.39 is 0 Å². The molecular formula is C21H24ClNO4. The number of likely N-dealkylation sites (tertiary alicyclic amines) is 1. The van der Waals surface area contributed by atoms with Crippen molar-refractivity contribution in [1.29, 1.82) is 0 Å². The highest BCUT2D eigenvalue weighted by Gasteiger charge is 2.26. The highest BCUT2D eigenvalue weighted by atomic mass is 35.5. The van der Waals surface area contributed by atoms with Gasteiger partial charge in [0.05, 0.1) is 5.02 Å². The number of halogens is 1. The topological polar surface area (TPSA) is 59.8 Å². The van der Waals surface area contributed by atoms with Crippen molar-refractivity contribution < 1.29 is 13.9 Å². The average Bonchev–Trinajstić information content (AvgIpc) is 3.17. The van der Waals surface area contributed by atoms with Crippen LogP contribution in [0.5, 0.6) is 5.75 Å². The summed E-state index contributed by atoms with van der Waals surface area (Å²) in [5.74, 6) is 0.358. The lowest BCUT2D eigenvalue weighted by Crippen LogP contribution is -2.45. The van der Waals surface area contributed by atoms with Crippen molar-refractivity contribution in [3.8, 4) is 5.75 Å². The van der Waals surface area contributed by atoms with E-state index in [1.165, 1.54) is 6.42 Å². The van der Waals surface area contributed by atoms with E-state index in [0.717, 1.165) is 61.6 Å². The van der Waals surface area contributed by atoms with E-state index in [4.69, 9.17) is 20.8 Å². The van der Waals surface area contributed by atoms with Crippen LogP contribution in [0.4, 0.5) is 0 Å². The van der Waals surface area contributed by atoms with E-state index in [1.807, 2.05) is 4.90 Å². The second-order valence-corrected chi connectivity index (χ2v) is 7.82. The summed E-state index contributed by atoms with van der Waals surface area (Å²) in [6.07, 6.45) is 6.79. The second-order valence-electron chi connectivity index (χ2n) is 7.41. The van der Waals surface area contributed by atoms with Crippen LogP contribution in [-0.4, -0.2) is 30.0 Å². The van der Waals surface area contributed by atoms with Crippen molar-refractivity contribution in [2.24, 2.45) is 0 Å².